The molecule has 2 aromatic carbocycles. The second-order valence-electron chi connectivity index (χ2n) is 6.16. The van der Waals surface area contributed by atoms with Crippen LogP contribution in [0.4, 0.5) is 0 Å². The van der Waals surface area contributed by atoms with Crippen molar-refractivity contribution in [2.24, 2.45) is 0 Å². The van der Waals surface area contributed by atoms with E-state index in [-0.39, 0.29) is 16.7 Å². The summed E-state index contributed by atoms with van der Waals surface area (Å²) in [6.07, 6.45) is 0. The number of hydrogen-bond acceptors (Lipinski definition) is 6. The molecule has 0 amide bonds. The fraction of sp³-hybridized carbons (Fsp3) is 0.263. The van der Waals surface area contributed by atoms with Crippen LogP contribution in [0.3, 0.4) is 0 Å². The summed E-state index contributed by atoms with van der Waals surface area (Å²) in [7, 11) is -0.600. The average molecular weight is 387 g/mol. The third-order valence-electron chi connectivity index (χ3n) is 4.39. The molecular formula is C19H21N3O4S. The van der Waals surface area contributed by atoms with Crippen LogP contribution in [0.25, 0.3) is 11.4 Å². The first kappa shape index (κ1) is 18.9. The van der Waals surface area contributed by atoms with E-state index >= 15 is 0 Å². The van der Waals surface area contributed by atoms with Crippen molar-refractivity contribution in [3.8, 4) is 22.9 Å². The molecule has 142 valence electrons. The number of sulfone groups is 1. The number of hydrogen-bond donors (Lipinski definition) is 1. The summed E-state index contributed by atoms with van der Waals surface area (Å²) >= 11 is 0. The van der Waals surface area contributed by atoms with E-state index in [1.54, 1.807) is 25.3 Å². The highest BCUT2D eigenvalue weighted by Gasteiger charge is 2.23. The van der Waals surface area contributed by atoms with Gasteiger partial charge in [0.2, 0.25) is 15.0 Å². The van der Waals surface area contributed by atoms with Crippen LogP contribution in [0.5, 0.6) is 11.5 Å². The minimum atomic E-state index is -3.67. The molecule has 1 N–H and O–H groups in total. The third kappa shape index (κ3) is 3.80. The van der Waals surface area contributed by atoms with E-state index in [1.807, 2.05) is 32.0 Å². The number of nitrogens with one attached hydrogen (secondary N) is 1. The number of methoxy groups -OCH3 is 2. The molecule has 0 radical (unpaired) electrons. The molecule has 8 heteroatoms. The molecule has 3 rings (SSSR count). The predicted molar refractivity (Wildman–Crippen MR) is 102 cm³/mol. The molecule has 3 aromatic rings. The van der Waals surface area contributed by atoms with Crippen LogP contribution in [0.15, 0.2) is 41.6 Å². The van der Waals surface area contributed by atoms with Crippen molar-refractivity contribution in [1.29, 1.82) is 0 Å². The summed E-state index contributed by atoms with van der Waals surface area (Å²) in [5.74, 6) is 1.22. The Morgan fingerprint density at radius 1 is 1.04 bits per heavy atom. The van der Waals surface area contributed by atoms with Gasteiger partial charge in [-0.2, -0.15) is 10.1 Å². The van der Waals surface area contributed by atoms with E-state index in [9.17, 15) is 8.42 Å². The molecular weight excluding hydrogens is 366 g/mol. The minimum Gasteiger partial charge on any atom is -0.497 e. The zero-order valence-corrected chi connectivity index (χ0v) is 16.4. The molecule has 7 nitrogen and oxygen atoms in total. The largest absolute Gasteiger partial charge is 0.497 e. The topological polar surface area (TPSA) is 94.2 Å². The minimum absolute atomic E-state index is 0.139. The number of aryl methyl sites for hydroxylation is 2. The Hall–Kier alpha value is -2.87. The van der Waals surface area contributed by atoms with Gasteiger partial charge in [0.15, 0.2) is 5.82 Å². The Bertz CT molecular complexity index is 1050. The van der Waals surface area contributed by atoms with Gasteiger partial charge in [0.05, 0.1) is 25.5 Å². The maximum atomic E-state index is 12.8. The molecule has 1 heterocycles. The van der Waals surface area contributed by atoms with Crippen molar-refractivity contribution < 1.29 is 17.9 Å². The number of benzene rings is 2. The maximum absolute atomic E-state index is 12.8. The third-order valence-corrected chi connectivity index (χ3v) is 5.83. The number of rotatable bonds is 6. The summed E-state index contributed by atoms with van der Waals surface area (Å²) in [5, 5.41) is 6.45. The van der Waals surface area contributed by atoms with Crippen molar-refractivity contribution in [1.82, 2.24) is 15.2 Å². The van der Waals surface area contributed by atoms with Crippen LogP contribution in [0, 0.1) is 13.8 Å². The Morgan fingerprint density at radius 3 is 2.37 bits per heavy atom. The quantitative estimate of drug-likeness (QED) is 0.698. The van der Waals surface area contributed by atoms with E-state index in [4.69, 9.17) is 9.47 Å². The van der Waals surface area contributed by atoms with Gasteiger partial charge < -0.3 is 9.47 Å². The van der Waals surface area contributed by atoms with Crippen LogP contribution in [0.2, 0.25) is 0 Å². The van der Waals surface area contributed by atoms with Crippen LogP contribution in [-0.4, -0.2) is 37.8 Å². The average Bonchev–Trinajstić information content (AvgIpc) is 3.15. The molecule has 0 saturated carbocycles. The zero-order valence-electron chi connectivity index (χ0n) is 15.6. The normalized spacial score (nSPS) is 11.4. The van der Waals surface area contributed by atoms with Crippen LogP contribution in [-0.2, 0) is 15.6 Å². The van der Waals surface area contributed by atoms with Crippen LogP contribution in [0.1, 0.15) is 16.7 Å². The van der Waals surface area contributed by atoms with Crippen LogP contribution >= 0.6 is 0 Å². The Labute approximate surface area is 158 Å². The zero-order chi connectivity index (χ0) is 19.6. The lowest BCUT2D eigenvalue weighted by molar-refractivity contribution is 0.395. The highest BCUT2D eigenvalue weighted by molar-refractivity contribution is 7.90. The highest BCUT2D eigenvalue weighted by Crippen LogP contribution is 2.31. The monoisotopic (exact) mass is 387 g/mol. The molecule has 0 aliphatic carbocycles. The molecule has 0 aliphatic heterocycles. The van der Waals surface area contributed by atoms with Crippen LogP contribution < -0.4 is 9.47 Å². The van der Waals surface area contributed by atoms with Gasteiger partial charge in [-0.25, -0.2) is 13.5 Å². The lowest BCUT2D eigenvalue weighted by Gasteiger charge is -2.09. The van der Waals surface area contributed by atoms with Gasteiger partial charge in [0, 0.05) is 6.07 Å². The van der Waals surface area contributed by atoms with Crippen molar-refractivity contribution in [2.45, 2.75) is 24.8 Å². The first-order valence-corrected chi connectivity index (χ1v) is 9.93. The summed E-state index contributed by atoms with van der Waals surface area (Å²) in [6.45, 7) is 3.79. The van der Waals surface area contributed by atoms with Gasteiger partial charge in [-0.1, -0.05) is 18.2 Å². The lowest BCUT2D eigenvalue weighted by Crippen LogP contribution is -2.09. The summed E-state index contributed by atoms with van der Waals surface area (Å²) in [4.78, 5) is 4.20. The first-order valence-electron chi connectivity index (χ1n) is 8.28. The lowest BCUT2D eigenvalue weighted by atomic mass is 10.1. The number of aromatic nitrogens is 3. The standard InChI is InChI=1S/C19H21N3O4S/c1-12-6-5-7-13(2)16(12)11-27(23,24)19-20-18(21-22-19)15-9-8-14(25-3)10-17(15)26-4/h5-10H,11H2,1-4H3,(H,20,21,22). The smallest absolute Gasteiger partial charge is 0.243 e. The molecule has 0 unspecified atom stereocenters. The van der Waals surface area contributed by atoms with E-state index in [1.165, 1.54) is 7.11 Å². The molecule has 0 aliphatic rings. The second kappa shape index (κ2) is 7.40. The molecule has 0 saturated heterocycles. The van der Waals surface area contributed by atoms with Gasteiger partial charge in [-0.05, 0) is 42.7 Å². The van der Waals surface area contributed by atoms with Gasteiger partial charge in [0.25, 0.3) is 0 Å². The van der Waals surface area contributed by atoms with Gasteiger partial charge in [-0.3, -0.25) is 0 Å². The summed E-state index contributed by atoms with van der Waals surface area (Å²) in [5.41, 5.74) is 3.20. The van der Waals surface area contributed by atoms with Crippen molar-refractivity contribution >= 4 is 9.84 Å². The highest BCUT2D eigenvalue weighted by atomic mass is 32.2. The maximum Gasteiger partial charge on any atom is 0.243 e. The fourth-order valence-corrected chi connectivity index (χ4v) is 4.21. The Balaban J connectivity index is 1.96. The summed E-state index contributed by atoms with van der Waals surface area (Å²) in [6, 6.07) is 10.8. The van der Waals surface area contributed by atoms with Gasteiger partial charge in [-0.15, -0.1) is 0 Å². The molecule has 0 spiro atoms. The van der Waals surface area contributed by atoms with E-state index < -0.39 is 9.84 Å². The predicted octanol–water partition coefficient (Wildman–Crippen LogP) is 3.08. The van der Waals surface area contributed by atoms with E-state index in [0.717, 1.165) is 16.7 Å². The first-order chi connectivity index (χ1) is 12.9. The Kier molecular flexibility index (Phi) is 5.18. The van der Waals surface area contributed by atoms with Crippen molar-refractivity contribution in [3.63, 3.8) is 0 Å². The number of aromatic amines is 1. The van der Waals surface area contributed by atoms with Gasteiger partial charge in [0.1, 0.15) is 11.5 Å². The molecule has 0 atom stereocenters. The summed E-state index contributed by atoms with van der Waals surface area (Å²) < 4.78 is 36.2. The van der Waals surface area contributed by atoms with E-state index in [2.05, 4.69) is 15.2 Å². The molecule has 1 aromatic heterocycles. The number of nitrogens with zero attached hydrogens (tertiary/aromatic N) is 2. The number of H-pyrrole nitrogens is 1. The van der Waals surface area contributed by atoms with E-state index in [0.29, 0.717) is 17.1 Å². The Morgan fingerprint density at radius 2 is 1.74 bits per heavy atom. The molecule has 27 heavy (non-hydrogen) atoms. The van der Waals surface area contributed by atoms with Crippen molar-refractivity contribution in [3.05, 3.63) is 53.1 Å². The molecule has 0 fully saturated rings. The number of ether oxygens (including phenoxy) is 2. The van der Waals surface area contributed by atoms with Gasteiger partial charge >= 0.3 is 0 Å². The SMILES string of the molecule is COc1ccc(-c2n[nH]c(S(=O)(=O)Cc3c(C)cccc3C)n2)c(OC)c1. The second-order valence-corrected chi connectivity index (χ2v) is 8.06. The molecule has 0 bridgehead atoms. The van der Waals surface area contributed by atoms with Crippen molar-refractivity contribution in [2.75, 3.05) is 14.2 Å². The fourth-order valence-electron chi connectivity index (χ4n) is 2.82.